The molecule has 0 aromatic carbocycles. The molecule has 5 rings (SSSR count). The number of halogens is 1. The fourth-order valence-corrected chi connectivity index (χ4v) is 5.43. The van der Waals surface area contributed by atoms with Crippen LogP contribution in [0.5, 0.6) is 5.19 Å². The summed E-state index contributed by atoms with van der Waals surface area (Å²) < 4.78 is 13.3. The van der Waals surface area contributed by atoms with E-state index in [1.165, 1.54) is 17.5 Å². The molecule has 168 valence electrons. The maximum Gasteiger partial charge on any atom is 0.294 e. The van der Waals surface area contributed by atoms with Crippen molar-refractivity contribution >= 4 is 27.9 Å². The first kappa shape index (κ1) is 21.2. The van der Waals surface area contributed by atoms with Crippen molar-refractivity contribution in [1.82, 2.24) is 40.3 Å². The predicted octanol–water partition coefficient (Wildman–Crippen LogP) is 3.26. The summed E-state index contributed by atoms with van der Waals surface area (Å²) in [5, 5.41) is 16.6. The maximum atomic E-state index is 6.06. The number of nitrogens with one attached hydrogen (secondary N) is 1. The smallest absolute Gasteiger partial charge is 0.294 e. The Morgan fingerprint density at radius 1 is 1.31 bits per heavy atom. The first-order chi connectivity index (χ1) is 15.5. The van der Waals surface area contributed by atoms with Crippen LogP contribution < -0.4 is 10.1 Å². The summed E-state index contributed by atoms with van der Waals surface area (Å²) in [5.41, 5.74) is 1.16. The number of piperidine rings is 1. The highest BCUT2D eigenvalue weighted by atomic mass is 35.5. The fourth-order valence-electron chi connectivity index (χ4n) is 4.58. The van der Waals surface area contributed by atoms with Gasteiger partial charge < -0.3 is 14.6 Å². The van der Waals surface area contributed by atoms with Crippen LogP contribution in [-0.2, 0) is 5.41 Å². The Bertz CT molecular complexity index is 1140. The van der Waals surface area contributed by atoms with Gasteiger partial charge in [-0.05, 0) is 49.1 Å². The Kier molecular flexibility index (Phi) is 5.78. The fraction of sp³-hybridized carbons (Fsp3) is 0.500. The van der Waals surface area contributed by atoms with E-state index in [1.54, 1.807) is 23.1 Å². The van der Waals surface area contributed by atoms with Crippen LogP contribution in [0.4, 0.5) is 0 Å². The van der Waals surface area contributed by atoms with Gasteiger partial charge in [0.05, 0.1) is 31.4 Å². The zero-order valence-corrected chi connectivity index (χ0v) is 19.3. The van der Waals surface area contributed by atoms with Crippen molar-refractivity contribution in [3.63, 3.8) is 0 Å². The van der Waals surface area contributed by atoms with Crippen molar-refractivity contribution in [2.75, 3.05) is 19.7 Å². The van der Waals surface area contributed by atoms with E-state index >= 15 is 0 Å². The molecule has 1 aliphatic heterocycles. The molecule has 12 heteroatoms. The molecule has 0 radical (unpaired) electrons. The average molecular weight is 475 g/mol. The SMILES string of the molecule is CC(C)C1CNCC[C@]1(CCOc1nn2cc(-c3cnc(Cl)cn3)nc2s1)c1cnno1. The molecule has 4 aromatic heterocycles. The van der Waals surface area contributed by atoms with Crippen molar-refractivity contribution in [3.05, 3.63) is 35.7 Å². The lowest BCUT2D eigenvalue weighted by atomic mass is 9.63. The molecule has 0 amide bonds. The number of nitrogens with zero attached hydrogens (tertiary/aromatic N) is 7. The Hall–Kier alpha value is -2.63. The summed E-state index contributed by atoms with van der Waals surface area (Å²) in [6.07, 6.45) is 8.38. The van der Waals surface area contributed by atoms with Gasteiger partial charge >= 0.3 is 0 Å². The van der Waals surface area contributed by atoms with E-state index in [0.29, 0.717) is 40.2 Å². The second-order valence-corrected chi connectivity index (χ2v) is 9.59. The minimum absolute atomic E-state index is 0.166. The summed E-state index contributed by atoms with van der Waals surface area (Å²) in [5.74, 6) is 1.71. The molecular weight excluding hydrogens is 452 g/mol. The number of imidazole rings is 1. The van der Waals surface area contributed by atoms with E-state index in [9.17, 15) is 0 Å². The third-order valence-corrected chi connectivity index (χ3v) is 7.19. The van der Waals surface area contributed by atoms with Gasteiger partial charge in [-0.3, -0.25) is 0 Å². The minimum atomic E-state index is -0.166. The minimum Gasteiger partial charge on any atom is -0.469 e. The summed E-state index contributed by atoms with van der Waals surface area (Å²) in [4.78, 5) is 13.6. The maximum absolute atomic E-state index is 6.06. The van der Waals surface area contributed by atoms with E-state index in [2.05, 4.69) is 49.6 Å². The lowest BCUT2D eigenvalue weighted by molar-refractivity contribution is 0.0900. The number of fused-ring (bicyclic) bond motifs is 1. The van der Waals surface area contributed by atoms with Gasteiger partial charge in [0.1, 0.15) is 16.5 Å². The Labute approximate surface area is 193 Å². The Morgan fingerprint density at radius 2 is 2.22 bits per heavy atom. The van der Waals surface area contributed by atoms with Gasteiger partial charge in [-0.25, -0.2) is 19.5 Å². The van der Waals surface area contributed by atoms with Crippen molar-refractivity contribution in [2.24, 2.45) is 11.8 Å². The third kappa shape index (κ3) is 3.96. The van der Waals surface area contributed by atoms with Crippen molar-refractivity contribution in [1.29, 1.82) is 0 Å². The lowest BCUT2D eigenvalue weighted by Gasteiger charge is -2.44. The average Bonchev–Trinajstić information content (AvgIpc) is 3.51. The molecule has 1 N–H and O–H groups in total. The summed E-state index contributed by atoms with van der Waals surface area (Å²) in [6.45, 7) is 6.85. The van der Waals surface area contributed by atoms with Crippen molar-refractivity contribution in [3.8, 4) is 16.6 Å². The lowest BCUT2D eigenvalue weighted by Crippen LogP contribution is -2.50. The molecule has 1 unspecified atom stereocenters. The predicted molar refractivity (Wildman–Crippen MR) is 119 cm³/mol. The number of hydrogen-bond donors (Lipinski definition) is 1. The highest BCUT2D eigenvalue weighted by Crippen LogP contribution is 2.44. The van der Waals surface area contributed by atoms with E-state index in [-0.39, 0.29) is 5.41 Å². The quantitative estimate of drug-likeness (QED) is 0.430. The molecule has 0 spiro atoms. The van der Waals surface area contributed by atoms with Gasteiger partial charge in [0.2, 0.25) is 4.96 Å². The summed E-state index contributed by atoms with van der Waals surface area (Å²) in [7, 11) is 0. The van der Waals surface area contributed by atoms with Crippen LogP contribution in [0.2, 0.25) is 5.15 Å². The molecule has 0 aliphatic carbocycles. The molecule has 1 fully saturated rings. The van der Waals surface area contributed by atoms with Crippen LogP contribution in [0.1, 0.15) is 32.4 Å². The van der Waals surface area contributed by atoms with Crippen LogP contribution >= 0.6 is 22.9 Å². The van der Waals surface area contributed by atoms with Gasteiger partial charge in [0.15, 0.2) is 5.76 Å². The molecule has 10 nitrogen and oxygen atoms in total. The van der Waals surface area contributed by atoms with Crippen LogP contribution in [0.15, 0.2) is 29.3 Å². The number of hydrogen-bond acceptors (Lipinski definition) is 10. The van der Waals surface area contributed by atoms with Gasteiger partial charge in [-0.1, -0.05) is 25.4 Å². The standard InChI is InChI=1S/C20H23ClN8O2S/c1-12(2)13-7-22-5-3-20(13,16-9-25-28-31-16)4-6-30-19-27-29-11-15(26-18(29)32-19)14-8-24-17(21)10-23-14/h8-13,22H,3-7H2,1-2H3/t13?,20-/m1/s1. The highest BCUT2D eigenvalue weighted by molar-refractivity contribution is 7.18. The molecular formula is C20H23ClN8O2S. The van der Waals surface area contributed by atoms with E-state index in [0.717, 1.165) is 36.7 Å². The van der Waals surface area contributed by atoms with E-state index in [1.807, 2.05) is 0 Å². The molecule has 5 heterocycles. The zero-order chi connectivity index (χ0) is 22.1. The van der Waals surface area contributed by atoms with E-state index < -0.39 is 0 Å². The molecule has 0 saturated carbocycles. The van der Waals surface area contributed by atoms with Crippen LogP contribution in [0.25, 0.3) is 16.3 Å². The largest absolute Gasteiger partial charge is 0.469 e. The Balaban J connectivity index is 1.31. The second kappa shape index (κ2) is 8.72. The van der Waals surface area contributed by atoms with Gasteiger partial charge in [0, 0.05) is 10.7 Å². The normalized spacial score (nSPS) is 21.4. The first-order valence-electron chi connectivity index (χ1n) is 10.5. The molecule has 2 atom stereocenters. The molecule has 1 aliphatic rings. The molecule has 0 bridgehead atoms. The number of aromatic nitrogens is 7. The number of rotatable bonds is 7. The van der Waals surface area contributed by atoms with Crippen LogP contribution in [0, 0.1) is 11.8 Å². The molecule has 1 saturated heterocycles. The second-order valence-electron chi connectivity index (χ2n) is 8.29. The first-order valence-corrected chi connectivity index (χ1v) is 11.7. The zero-order valence-electron chi connectivity index (χ0n) is 17.7. The topological polar surface area (TPSA) is 116 Å². The van der Waals surface area contributed by atoms with E-state index in [4.69, 9.17) is 20.9 Å². The summed E-state index contributed by atoms with van der Waals surface area (Å²) >= 11 is 7.20. The Morgan fingerprint density at radius 3 is 2.94 bits per heavy atom. The molecule has 32 heavy (non-hydrogen) atoms. The monoisotopic (exact) mass is 474 g/mol. The molecule has 4 aromatic rings. The van der Waals surface area contributed by atoms with Gasteiger partial charge in [0.25, 0.3) is 5.19 Å². The van der Waals surface area contributed by atoms with Crippen LogP contribution in [0.3, 0.4) is 0 Å². The van der Waals surface area contributed by atoms with Gasteiger partial charge in [-0.2, -0.15) is 0 Å². The van der Waals surface area contributed by atoms with Gasteiger partial charge in [-0.15, -0.1) is 10.2 Å². The van der Waals surface area contributed by atoms with Crippen LogP contribution in [-0.4, -0.2) is 54.6 Å². The van der Waals surface area contributed by atoms with Crippen molar-refractivity contribution < 1.29 is 9.26 Å². The van der Waals surface area contributed by atoms with Crippen molar-refractivity contribution in [2.45, 2.75) is 32.1 Å². The summed E-state index contributed by atoms with van der Waals surface area (Å²) in [6, 6.07) is 0. The highest BCUT2D eigenvalue weighted by Gasteiger charge is 2.46. The third-order valence-electron chi connectivity index (χ3n) is 6.16. The number of ether oxygens (including phenoxy) is 1.